The third kappa shape index (κ3) is 3.33. The largest absolute Gasteiger partial charge is 0.478 e. The van der Waals surface area contributed by atoms with E-state index in [2.05, 4.69) is 0 Å². The Hall–Kier alpha value is -3.27. The van der Waals surface area contributed by atoms with E-state index in [0.717, 1.165) is 0 Å². The topological polar surface area (TPSA) is 123 Å². The fourth-order valence-electron chi connectivity index (χ4n) is 2.80. The van der Waals surface area contributed by atoms with E-state index in [1.165, 1.54) is 12.1 Å². The SMILES string of the molecule is CCOC(=O)C1=C(C)OC(N)=C(C#N)C1c1ccc(C(=O)O)cc1C. The van der Waals surface area contributed by atoms with Crippen LogP contribution < -0.4 is 5.73 Å². The van der Waals surface area contributed by atoms with Crippen molar-refractivity contribution in [1.82, 2.24) is 0 Å². The van der Waals surface area contributed by atoms with Gasteiger partial charge in [-0.2, -0.15) is 5.26 Å². The quantitative estimate of drug-likeness (QED) is 0.805. The van der Waals surface area contributed by atoms with Gasteiger partial charge in [-0.3, -0.25) is 0 Å². The first-order valence-corrected chi connectivity index (χ1v) is 7.61. The summed E-state index contributed by atoms with van der Waals surface area (Å²) in [4.78, 5) is 23.6. The molecule has 0 bridgehead atoms. The number of nitriles is 1. The molecule has 0 aromatic heterocycles. The molecule has 0 spiro atoms. The highest BCUT2D eigenvalue weighted by Gasteiger charge is 2.37. The van der Waals surface area contributed by atoms with Crippen LogP contribution in [-0.4, -0.2) is 23.7 Å². The second-order valence-electron chi connectivity index (χ2n) is 5.49. The van der Waals surface area contributed by atoms with Crippen molar-refractivity contribution in [3.05, 3.63) is 57.7 Å². The van der Waals surface area contributed by atoms with Gasteiger partial charge >= 0.3 is 11.9 Å². The number of allylic oxidation sites excluding steroid dienone is 2. The van der Waals surface area contributed by atoms with Gasteiger partial charge in [0.1, 0.15) is 17.4 Å². The number of nitrogens with zero attached hydrogens (tertiary/aromatic N) is 1. The molecule has 25 heavy (non-hydrogen) atoms. The lowest BCUT2D eigenvalue weighted by Crippen LogP contribution is -2.26. The summed E-state index contributed by atoms with van der Waals surface area (Å²) in [5.41, 5.74) is 7.41. The van der Waals surface area contributed by atoms with Crippen LogP contribution in [0.5, 0.6) is 0 Å². The Morgan fingerprint density at radius 2 is 2.08 bits per heavy atom. The molecule has 3 N–H and O–H groups in total. The molecule has 7 nitrogen and oxygen atoms in total. The van der Waals surface area contributed by atoms with E-state index in [4.69, 9.17) is 20.3 Å². The number of carbonyl (C=O) groups excluding carboxylic acids is 1. The standard InChI is InChI=1S/C18H18N2O5/c1-4-24-18(23)14-10(3)25-16(20)13(8-19)15(14)12-6-5-11(17(21)22)7-9(12)2/h5-7,15H,4,20H2,1-3H3,(H,21,22). The van der Waals surface area contributed by atoms with Crippen molar-refractivity contribution in [2.24, 2.45) is 5.73 Å². The second-order valence-corrected chi connectivity index (χ2v) is 5.49. The molecule has 1 aliphatic heterocycles. The van der Waals surface area contributed by atoms with Gasteiger partial charge < -0.3 is 20.3 Å². The number of carboxylic acid groups (broad SMARTS) is 1. The fourth-order valence-corrected chi connectivity index (χ4v) is 2.80. The number of esters is 1. The molecule has 0 amide bonds. The molecule has 1 atom stereocenters. The number of aryl methyl sites for hydroxylation is 1. The minimum Gasteiger partial charge on any atom is -0.478 e. The number of aromatic carboxylic acids is 1. The van der Waals surface area contributed by atoms with Crippen LogP contribution in [0.4, 0.5) is 0 Å². The molecule has 0 fully saturated rings. The van der Waals surface area contributed by atoms with Crippen LogP contribution in [-0.2, 0) is 14.3 Å². The van der Waals surface area contributed by atoms with E-state index in [0.29, 0.717) is 11.1 Å². The van der Waals surface area contributed by atoms with Crippen molar-refractivity contribution in [3.8, 4) is 6.07 Å². The van der Waals surface area contributed by atoms with Gasteiger partial charge in [-0.15, -0.1) is 0 Å². The molecule has 130 valence electrons. The Bertz CT molecular complexity index is 846. The molecule has 1 aromatic rings. The average molecular weight is 342 g/mol. The molecule has 1 unspecified atom stereocenters. The number of carbonyl (C=O) groups is 2. The van der Waals surface area contributed by atoms with Crippen LogP contribution in [0.1, 0.15) is 41.3 Å². The summed E-state index contributed by atoms with van der Waals surface area (Å²) in [6, 6.07) is 6.46. The van der Waals surface area contributed by atoms with Crippen LogP contribution in [0.2, 0.25) is 0 Å². The van der Waals surface area contributed by atoms with Gasteiger partial charge in [0.2, 0.25) is 5.88 Å². The summed E-state index contributed by atoms with van der Waals surface area (Å²) in [5, 5.41) is 18.6. The van der Waals surface area contributed by atoms with Crippen molar-refractivity contribution >= 4 is 11.9 Å². The highest BCUT2D eigenvalue weighted by Crippen LogP contribution is 2.40. The Labute approximate surface area is 145 Å². The lowest BCUT2D eigenvalue weighted by atomic mass is 9.81. The lowest BCUT2D eigenvalue weighted by Gasteiger charge is -2.27. The number of rotatable bonds is 4. The van der Waals surface area contributed by atoms with Crippen LogP contribution in [0.15, 0.2) is 41.0 Å². The first-order chi connectivity index (χ1) is 11.8. The molecule has 1 aromatic carbocycles. The zero-order valence-electron chi connectivity index (χ0n) is 14.1. The van der Waals surface area contributed by atoms with E-state index in [-0.39, 0.29) is 35.0 Å². The molecule has 1 heterocycles. The highest BCUT2D eigenvalue weighted by atomic mass is 16.5. The Morgan fingerprint density at radius 3 is 2.60 bits per heavy atom. The van der Waals surface area contributed by atoms with Crippen LogP contribution >= 0.6 is 0 Å². The Balaban J connectivity index is 2.67. The van der Waals surface area contributed by atoms with Gasteiger partial charge in [-0.1, -0.05) is 6.07 Å². The normalized spacial score (nSPS) is 17.0. The van der Waals surface area contributed by atoms with Crippen molar-refractivity contribution in [1.29, 1.82) is 5.26 Å². The summed E-state index contributed by atoms with van der Waals surface area (Å²) in [6.45, 7) is 5.12. The van der Waals surface area contributed by atoms with Gasteiger partial charge in [-0.05, 0) is 44.0 Å². The molecule has 1 aliphatic rings. The molecule has 0 aliphatic carbocycles. The lowest BCUT2D eigenvalue weighted by molar-refractivity contribution is -0.139. The maximum absolute atomic E-state index is 12.4. The number of ether oxygens (including phenoxy) is 2. The van der Waals surface area contributed by atoms with Crippen molar-refractivity contribution < 1.29 is 24.2 Å². The average Bonchev–Trinajstić information content (AvgIpc) is 2.54. The smallest absolute Gasteiger partial charge is 0.338 e. The van der Waals surface area contributed by atoms with E-state index in [1.807, 2.05) is 6.07 Å². The maximum atomic E-state index is 12.4. The zero-order valence-corrected chi connectivity index (χ0v) is 14.1. The second kappa shape index (κ2) is 7.09. The van der Waals surface area contributed by atoms with Crippen LogP contribution in [0.3, 0.4) is 0 Å². The molecular weight excluding hydrogens is 324 g/mol. The van der Waals surface area contributed by atoms with Gasteiger partial charge in [0.15, 0.2) is 0 Å². The van der Waals surface area contributed by atoms with Crippen molar-refractivity contribution in [2.75, 3.05) is 6.61 Å². The van der Waals surface area contributed by atoms with E-state index >= 15 is 0 Å². The highest BCUT2D eigenvalue weighted by molar-refractivity contribution is 5.93. The van der Waals surface area contributed by atoms with Crippen molar-refractivity contribution in [2.45, 2.75) is 26.7 Å². The predicted molar refractivity (Wildman–Crippen MR) is 88.1 cm³/mol. The third-order valence-corrected chi connectivity index (χ3v) is 3.93. The zero-order chi connectivity index (χ0) is 18.7. The minimum absolute atomic E-state index is 0.0832. The Kier molecular flexibility index (Phi) is 5.13. The molecule has 0 saturated carbocycles. The number of carboxylic acids is 1. The number of hydrogen-bond donors (Lipinski definition) is 2. The van der Waals surface area contributed by atoms with E-state index < -0.39 is 17.9 Å². The minimum atomic E-state index is -1.06. The third-order valence-electron chi connectivity index (χ3n) is 3.93. The summed E-state index contributed by atoms with van der Waals surface area (Å²) >= 11 is 0. The monoisotopic (exact) mass is 342 g/mol. The molecular formula is C18H18N2O5. The molecule has 7 heteroatoms. The van der Waals surface area contributed by atoms with E-state index in [9.17, 15) is 14.9 Å². The number of hydrogen-bond acceptors (Lipinski definition) is 6. The Morgan fingerprint density at radius 1 is 1.40 bits per heavy atom. The summed E-state index contributed by atoms with van der Waals surface area (Å²) in [7, 11) is 0. The van der Waals surface area contributed by atoms with Gasteiger partial charge in [0.05, 0.1) is 23.7 Å². The van der Waals surface area contributed by atoms with Crippen molar-refractivity contribution in [3.63, 3.8) is 0 Å². The van der Waals surface area contributed by atoms with Gasteiger partial charge in [0.25, 0.3) is 0 Å². The molecule has 0 radical (unpaired) electrons. The molecule has 2 rings (SSSR count). The van der Waals surface area contributed by atoms with Crippen LogP contribution in [0, 0.1) is 18.3 Å². The first kappa shape index (κ1) is 18.1. The number of benzene rings is 1. The maximum Gasteiger partial charge on any atom is 0.338 e. The first-order valence-electron chi connectivity index (χ1n) is 7.61. The number of nitrogens with two attached hydrogens (primary N) is 1. The summed E-state index contributed by atoms with van der Waals surface area (Å²) in [6.07, 6.45) is 0. The van der Waals surface area contributed by atoms with Gasteiger partial charge in [0, 0.05) is 0 Å². The molecule has 0 saturated heterocycles. The van der Waals surface area contributed by atoms with E-state index in [1.54, 1.807) is 26.8 Å². The predicted octanol–water partition coefficient (Wildman–Crippen LogP) is 2.34. The summed E-state index contributed by atoms with van der Waals surface area (Å²) in [5.74, 6) is -2.27. The summed E-state index contributed by atoms with van der Waals surface area (Å²) < 4.78 is 10.4. The van der Waals surface area contributed by atoms with Crippen LogP contribution in [0.25, 0.3) is 0 Å². The van der Waals surface area contributed by atoms with Gasteiger partial charge in [-0.25, -0.2) is 9.59 Å². The fraction of sp³-hybridized carbons (Fsp3) is 0.278.